The number of hydrogen-bond acceptors (Lipinski definition) is 5. The molecular formula is C11H12N4O. The number of aromatic nitrogens is 3. The summed E-state index contributed by atoms with van der Waals surface area (Å²) < 4.78 is 0. The van der Waals surface area contributed by atoms with Crippen molar-refractivity contribution in [3.8, 4) is 0 Å². The predicted octanol–water partition coefficient (Wildman–Crippen LogP) is 0.596. The SMILES string of the molecule is O[C@@H]1CCN(c2ncc3cnccc3n2)C1. The molecule has 1 aliphatic heterocycles. The van der Waals surface area contributed by atoms with Gasteiger partial charge in [-0.05, 0) is 12.5 Å². The van der Waals surface area contributed by atoms with Gasteiger partial charge in [0.25, 0.3) is 0 Å². The van der Waals surface area contributed by atoms with E-state index in [0.29, 0.717) is 12.5 Å². The second kappa shape index (κ2) is 3.68. The topological polar surface area (TPSA) is 62.1 Å². The van der Waals surface area contributed by atoms with Crippen molar-refractivity contribution in [2.45, 2.75) is 12.5 Å². The number of aliphatic hydroxyl groups excluding tert-OH is 1. The minimum Gasteiger partial charge on any atom is -0.391 e. The fourth-order valence-corrected chi connectivity index (χ4v) is 1.94. The second-order valence-electron chi connectivity index (χ2n) is 3.99. The zero-order chi connectivity index (χ0) is 11.0. The molecule has 82 valence electrons. The second-order valence-corrected chi connectivity index (χ2v) is 3.99. The minimum absolute atomic E-state index is 0.253. The Bertz CT molecular complexity index is 516. The number of rotatable bonds is 1. The molecular weight excluding hydrogens is 204 g/mol. The third kappa shape index (κ3) is 1.59. The molecule has 16 heavy (non-hydrogen) atoms. The van der Waals surface area contributed by atoms with Gasteiger partial charge in [0, 0.05) is 37.1 Å². The van der Waals surface area contributed by atoms with E-state index < -0.39 is 0 Å². The van der Waals surface area contributed by atoms with Crippen molar-refractivity contribution in [1.82, 2.24) is 15.0 Å². The highest BCUT2D eigenvalue weighted by molar-refractivity contribution is 5.77. The third-order valence-corrected chi connectivity index (χ3v) is 2.81. The number of fused-ring (bicyclic) bond motifs is 1. The summed E-state index contributed by atoms with van der Waals surface area (Å²) >= 11 is 0. The van der Waals surface area contributed by atoms with Crippen LogP contribution in [0, 0.1) is 0 Å². The van der Waals surface area contributed by atoms with Crippen molar-refractivity contribution in [2.75, 3.05) is 18.0 Å². The zero-order valence-corrected chi connectivity index (χ0v) is 8.74. The van der Waals surface area contributed by atoms with Crippen LogP contribution < -0.4 is 4.90 Å². The maximum absolute atomic E-state index is 9.47. The van der Waals surface area contributed by atoms with Gasteiger partial charge in [-0.2, -0.15) is 0 Å². The normalized spacial score (nSPS) is 20.6. The van der Waals surface area contributed by atoms with Crippen LogP contribution in [0.25, 0.3) is 10.9 Å². The molecule has 0 unspecified atom stereocenters. The average Bonchev–Trinajstić information content (AvgIpc) is 2.75. The van der Waals surface area contributed by atoms with E-state index in [-0.39, 0.29) is 6.10 Å². The molecule has 1 atom stereocenters. The summed E-state index contributed by atoms with van der Waals surface area (Å²) in [5, 5.41) is 10.4. The van der Waals surface area contributed by atoms with Gasteiger partial charge in [-0.1, -0.05) is 0 Å². The number of hydrogen-bond donors (Lipinski definition) is 1. The molecule has 0 aliphatic carbocycles. The van der Waals surface area contributed by atoms with Crippen molar-refractivity contribution < 1.29 is 5.11 Å². The summed E-state index contributed by atoms with van der Waals surface area (Å²) in [5.74, 6) is 0.690. The average molecular weight is 216 g/mol. The molecule has 0 amide bonds. The summed E-state index contributed by atoms with van der Waals surface area (Å²) in [7, 11) is 0. The third-order valence-electron chi connectivity index (χ3n) is 2.81. The highest BCUT2D eigenvalue weighted by Gasteiger charge is 2.22. The summed E-state index contributed by atoms with van der Waals surface area (Å²) in [4.78, 5) is 14.8. The quantitative estimate of drug-likeness (QED) is 0.756. The predicted molar refractivity (Wildman–Crippen MR) is 60.2 cm³/mol. The van der Waals surface area contributed by atoms with E-state index in [1.165, 1.54) is 0 Å². The molecule has 3 rings (SSSR count). The lowest BCUT2D eigenvalue weighted by Crippen LogP contribution is -2.23. The number of aliphatic hydroxyl groups is 1. The molecule has 0 radical (unpaired) electrons. The van der Waals surface area contributed by atoms with Crippen LogP contribution in [0.15, 0.2) is 24.7 Å². The lowest BCUT2D eigenvalue weighted by atomic mass is 10.3. The molecule has 2 aromatic rings. The monoisotopic (exact) mass is 216 g/mol. The Kier molecular flexibility index (Phi) is 2.18. The van der Waals surface area contributed by atoms with E-state index in [4.69, 9.17) is 0 Å². The maximum Gasteiger partial charge on any atom is 0.225 e. The van der Waals surface area contributed by atoms with Crippen LogP contribution in [0.5, 0.6) is 0 Å². The van der Waals surface area contributed by atoms with Gasteiger partial charge in [0.1, 0.15) is 0 Å². The lowest BCUT2D eigenvalue weighted by molar-refractivity contribution is 0.198. The van der Waals surface area contributed by atoms with Crippen LogP contribution in [-0.4, -0.2) is 39.3 Å². The molecule has 1 saturated heterocycles. The number of β-amino-alcohol motifs (C(OH)–C–C–N with tert-alkyl or cyclic N) is 1. The molecule has 0 spiro atoms. The van der Waals surface area contributed by atoms with Crippen LogP contribution in [0.3, 0.4) is 0 Å². The molecule has 1 aliphatic rings. The van der Waals surface area contributed by atoms with Crippen LogP contribution >= 0.6 is 0 Å². The van der Waals surface area contributed by atoms with Gasteiger partial charge in [0.2, 0.25) is 5.95 Å². The first-order chi connectivity index (χ1) is 7.83. The molecule has 3 heterocycles. The number of nitrogens with zero attached hydrogens (tertiary/aromatic N) is 4. The van der Waals surface area contributed by atoms with Gasteiger partial charge < -0.3 is 10.0 Å². The first kappa shape index (κ1) is 9.47. The lowest BCUT2D eigenvalue weighted by Gasteiger charge is -2.15. The van der Waals surface area contributed by atoms with Crippen molar-refractivity contribution >= 4 is 16.9 Å². The van der Waals surface area contributed by atoms with E-state index in [0.717, 1.165) is 23.9 Å². The molecule has 0 bridgehead atoms. The van der Waals surface area contributed by atoms with Crippen LogP contribution in [0.2, 0.25) is 0 Å². The van der Waals surface area contributed by atoms with E-state index in [1.54, 1.807) is 18.6 Å². The zero-order valence-electron chi connectivity index (χ0n) is 8.74. The Labute approximate surface area is 92.8 Å². The standard InChI is InChI=1S/C11H12N4O/c16-9-2-4-15(7-9)11-13-6-8-5-12-3-1-10(8)14-11/h1,3,5-6,9,16H,2,4,7H2/t9-/m1/s1. The fraction of sp³-hybridized carbons (Fsp3) is 0.364. The van der Waals surface area contributed by atoms with Crippen molar-refractivity contribution in [2.24, 2.45) is 0 Å². The van der Waals surface area contributed by atoms with Crippen LogP contribution in [0.1, 0.15) is 6.42 Å². The van der Waals surface area contributed by atoms with Gasteiger partial charge >= 0.3 is 0 Å². The highest BCUT2D eigenvalue weighted by Crippen LogP contribution is 2.18. The van der Waals surface area contributed by atoms with Gasteiger partial charge in [-0.25, -0.2) is 9.97 Å². The molecule has 0 aromatic carbocycles. The molecule has 1 N–H and O–H groups in total. The Morgan fingerprint density at radius 1 is 1.38 bits per heavy atom. The highest BCUT2D eigenvalue weighted by atomic mass is 16.3. The van der Waals surface area contributed by atoms with E-state index in [1.807, 2.05) is 11.0 Å². The van der Waals surface area contributed by atoms with Crippen molar-refractivity contribution in [3.05, 3.63) is 24.7 Å². The van der Waals surface area contributed by atoms with Crippen LogP contribution in [0.4, 0.5) is 5.95 Å². The summed E-state index contributed by atoms with van der Waals surface area (Å²) in [5.41, 5.74) is 0.890. The van der Waals surface area contributed by atoms with Crippen molar-refractivity contribution in [3.63, 3.8) is 0 Å². The number of anilines is 1. The van der Waals surface area contributed by atoms with Gasteiger partial charge in [-0.15, -0.1) is 0 Å². The molecule has 5 nitrogen and oxygen atoms in total. The Balaban J connectivity index is 1.99. The summed E-state index contributed by atoms with van der Waals surface area (Å²) in [6, 6.07) is 1.87. The molecule has 5 heteroatoms. The van der Waals surface area contributed by atoms with Gasteiger partial charge in [0.15, 0.2) is 0 Å². The maximum atomic E-state index is 9.47. The molecule has 0 saturated carbocycles. The van der Waals surface area contributed by atoms with E-state index in [2.05, 4.69) is 15.0 Å². The van der Waals surface area contributed by atoms with E-state index in [9.17, 15) is 5.11 Å². The first-order valence-electron chi connectivity index (χ1n) is 5.33. The Morgan fingerprint density at radius 2 is 2.31 bits per heavy atom. The number of pyridine rings is 1. The summed E-state index contributed by atoms with van der Waals surface area (Å²) in [6.45, 7) is 1.44. The smallest absolute Gasteiger partial charge is 0.225 e. The largest absolute Gasteiger partial charge is 0.391 e. The molecule has 1 fully saturated rings. The van der Waals surface area contributed by atoms with Gasteiger partial charge in [-0.3, -0.25) is 4.98 Å². The van der Waals surface area contributed by atoms with Crippen molar-refractivity contribution in [1.29, 1.82) is 0 Å². The van der Waals surface area contributed by atoms with Gasteiger partial charge in [0.05, 0.1) is 11.6 Å². The fourth-order valence-electron chi connectivity index (χ4n) is 1.94. The summed E-state index contributed by atoms with van der Waals surface area (Å²) in [6.07, 6.45) is 5.78. The Hall–Kier alpha value is -1.75. The van der Waals surface area contributed by atoms with E-state index >= 15 is 0 Å². The van der Waals surface area contributed by atoms with Crippen LogP contribution in [-0.2, 0) is 0 Å². The Morgan fingerprint density at radius 3 is 3.12 bits per heavy atom. The molecule has 2 aromatic heterocycles. The minimum atomic E-state index is -0.253. The first-order valence-corrected chi connectivity index (χ1v) is 5.33.